The minimum Gasteiger partial charge on any atom is -0.362 e. The van der Waals surface area contributed by atoms with E-state index in [1.54, 1.807) is 23.1 Å². The number of H-pyrrole nitrogens is 2. The van der Waals surface area contributed by atoms with E-state index in [0.717, 1.165) is 44.6 Å². The summed E-state index contributed by atoms with van der Waals surface area (Å²) in [6.45, 7) is 0.388. The Balaban J connectivity index is 1.45. The number of hydrogen-bond acceptors (Lipinski definition) is 7. The molecular weight excluding hydrogens is 428 g/mol. The van der Waals surface area contributed by atoms with Crippen LogP contribution in [0.4, 0.5) is 5.82 Å². The maximum Gasteiger partial charge on any atom is 0.340 e. The van der Waals surface area contributed by atoms with Crippen molar-refractivity contribution in [2.75, 3.05) is 5.32 Å². The average molecular weight is 445 g/mol. The van der Waals surface area contributed by atoms with E-state index >= 15 is 0 Å². The van der Waals surface area contributed by atoms with Gasteiger partial charge in [0, 0.05) is 14.8 Å². The first-order chi connectivity index (χ1) is 14.2. The molecule has 29 heavy (non-hydrogen) atoms. The Bertz CT molecular complexity index is 1230. The van der Waals surface area contributed by atoms with Crippen molar-refractivity contribution in [3.8, 4) is 0 Å². The SMILES string of the molecule is O=c1[nH]nc(CNc2nc(CSc3ccc(Cl)cc3)nc3sc4c(c23)CCC4)[nH]1. The van der Waals surface area contributed by atoms with Crippen LogP contribution in [0.25, 0.3) is 10.2 Å². The highest BCUT2D eigenvalue weighted by Crippen LogP contribution is 2.40. The molecule has 10 heteroatoms. The number of rotatable bonds is 6. The van der Waals surface area contributed by atoms with Crippen molar-refractivity contribution in [1.82, 2.24) is 25.1 Å². The van der Waals surface area contributed by atoms with E-state index in [1.807, 2.05) is 24.3 Å². The quantitative estimate of drug-likeness (QED) is 0.386. The number of aryl methyl sites for hydroxylation is 2. The van der Waals surface area contributed by atoms with Crippen LogP contribution in [-0.2, 0) is 25.1 Å². The molecule has 0 bridgehead atoms. The highest BCUT2D eigenvalue weighted by atomic mass is 35.5. The molecule has 0 saturated heterocycles. The number of fused-ring (bicyclic) bond motifs is 3. The number of aromatic nitrogens is 5. The van der Waals surface area contributed by atoms with Crippen LogP contribution in [0.1, 0.15) is 28.5 Å². The number of anilines is 1. The summed E-state index contributed by atoms with van der Waals surface area (Å²) in [5.74, 6) is 2.79. The minimum absolute atomic E-state index is 0.314. The van der Waals surface area contributed by atoms with Gasteiger partial charge in [0.15, 0.2) is 0 Å². The summed E-state index contributed by atoms with van der Waals surface area (Å²) in [6.07, 6.45) is 3.35. The topological polar surface area (TPSA) is 99.3 Å². The van der Waals surface area contributed by atoms with E-state index in [4.69, 9.17) is 21.6 Å². The monoisotopic (exact) mass is 444 g/mol. The Morgan fingerprint density at radius 2 is 2.07 bits per heavy atom. The van der Waals surface area contributed by atoms with Gasteiger partial charge in [0.1, 0.15) is 22.3 Å². The Hall–Kier alpha value is -2.36. The summed E-state index contributed by atoms with van der Waals surface area (Å²) in [4.78, 5) is 27.1. The fraction of sp³-hybridized carbons (Fsp3) is 0.263. The summed E-state index contributed by atoms with van der Waals surface area (Å²) in [5, 5.41) is 11.5. The van der Waals surface area contributed by atoms with Crippen molar-refractivity contribution < 1.29 is 0 Å². The molecule has 1 aliphatic carbocycles. The van der Waals surface area contributed by atoms with Gasteiger partial charge in [-0.2, -0.15) is 5.10 Å². The van der Waals surface area contributed by atoms with Gasteiger partial charge in [-0.15, -0.1) is 23.1 Å². The summed E-state index contributed by atoms with van der Waals surface area (Å²) < 4.78 is 0. The predicted molar refractivity (Wildman–Crippen MR) is 117 cm³/mol. The smallest absolute Gasteiger partial charge is 0.340 e. The third-order valence-electron chi connectivity index (χ3n) is 4.77. The number of aromatic amines is 2. The van der Waals surface area contributed by atoms with Gasteiger partial charge in [-0.3, -0.25) is 4.98 Å². The van der Waals surface area contributed by atoms with Crippen LogP contribution in [0.3, 0.4) is 0 Å². The Labute approximate surface area is 179 Å². The lowest BCUT2D eigenvalue weighted by Crippen LogP contribution is -2.07. The number of halogens is 1. The van der Waals surface area contributed by atoms with Crippen molar-refractivity contribution in [2.45, 2.75) is 36.5 Å². The van der Waals surface area contributed by atoms with E-state index in [-0.39, 0.29) is 5.69 Å². The largest absolute Gasteiger partial charge is 0.362 e. The highest BCUT2D eigenvalue weighted by Gasteiger charge is 2.22. The Morgan fingerprint density at radius 1 is 1.21 bits per heavy atom. The third-order valence-corrected chi connectivity index (χ3v) is 7.21. The van der Waals surface area contributed by atoms with Gasteiger partial charge in [0.05, 0.1) is 17.7 Å². The van der Waals surface area contributed by atoms with Crippen LogP contribution in [0.5, 0.6) is 0 Å². The van der Waals surface area contributed by atoms with Crippen LogP contribution < -0.4 is 11.0 Å². The zero-order chi connectivity index (χ0) is 19.8. The van der Waals surface area contributed by atoms with E-state index < -0.39 is 0 Å². The van der Waals surface area contributed by atoms with Gasteiger partial charge in [-0.05, 0) is 49.1 Å². The number of nitrogens with one attached hydrogen (secondary N) is 3. The number of benzene rings is 1. The molecule has 0 fully saturated rings. The number of thioether (sulfide) groups is 1. The first-order valence-corrected chi connectivity index (χ1v) is 11.4. The molecule has 5 rings (SSSR count). The van der Waals surface area contributed by atoms with Gasteiger partial charge < -0.3 is 5.32 Å². The van der Waals surface area contributed by atoms with E-state index in [2.05, 4.69) is 20.5 Å². The van der Waals surface area contributed by atoms with Crippen LogP contribution in [-0.4, -0.2) is 25.1 Å². The lowest BCUT2D eigenvalue weighted by molar-refractivity contribution is 0.915. The first kappa shape index (κ1) is 18.7. The second-order valence-corrected chi connectivity index (χ2v) is 9.32. The van der Waals surface area contributed by atoms with Gasteiger partial charge in [-0.1, -0.05) is 11.6 Å². The van der Waals surface area contributed by atoms with Crippen molar-refractivity contribution >= 4 is 50.7 Å². The summed E-state index contributed by atoms with van der Waals surface area (Å²) >= 11 is 9.41. The lowest BCUT2D eigenvalue weighted by atomic mass is 10.2. The fourth-order valence-corrected chi connectivity index (χ4v) is 5.63. The van der Waals surface area contributed by atoms with Gasteiger partial charge in [-0.25, -0.2) is 19.9 Å². The molecule has 3 aromatic heterocycles. The van der Waals surface area contributed by atoms with Gasteiger partial charge in [0.2, 0.25) is 0 Å². The van der Waals surface area contributed by atoms with Crippen molar-refractivity contribution in [2.24, 2.45) is 0 Å². The molecule has 0 unspecified atom stereocenters. The molecule has 0 atom stereocenters. The molecule has 7 nitrogen and oxygen atoms in total. The molecule has 3 N–H and O–H groups in total. The van der Waals surface area contributed by atoms with E-state index in [0.29, 0.717) is 18.1 Å². The molecule has 1 aliphatic rings. The number of hydrogen-bond donors (Lipinski definition) is 3. The van der Waals surface area contributed by atoms with Crippen molar-refractivity contribution in [3.05, 3.63) is 61.9 Å². The Kier molecular flexibility index (Phi) is 5.03. The maximum atomic E-state index is 11.3. The molecule has 0 aliphatic heterocycles. The summed E-state index contributed by atoms with van der Waals surface area (Å²) in [6, 6.07) is 7.77. The van der Waals surface area contributed by atoms with Crippen molar-refractivity contribution in [3.63, 3.8) is 0 Å². The standard InChI is InChI=1S/C19H17ClN6OS2/c20-10-4-6-11(7-5-10)28-9-15-22-17(21-8-14-24-19(27)26-25-14)16-12-2-1-3-13(12)29-18(16)23-15/h4-7H,1-3,8-9H2,(H,21,22,23)(H2,24,25,26,27). The van der Waals surface area contributed by atoms with Crippen LogP contribution in [0.15, 0.2) is 34.0 Å². The van der Waals surface area contributed by atoms with Gasteiger partial charge in [0.25, 0.3) is 0 Å². The second kappa shape index (κ2) is 7.81. The highest BCUT2D eigenvalue weighted by molar-refractivity contribution is 7.98. The van der Waals surface area contributed by atoms with E-state index in [1.165, 1.54) is 16.9 Å². The van der Waals surface area contributed by atoms with Crippen LogP contribution >= 0.6 is 34.7 Å². The first-order valence-electron chi connectivity index (χ1n) is 9.22. The number of nitrogens with zero attached hydrogens (tertiary/aromatic N) is 3. The normalized spacial score (nSPS) is 13.1. The number of thiophene rings is 1. The molecule has 0 spiro atoms. The average Bonchev–Trinajstić information content (AvgIpc) is 3.41. The molecule has 0 radical (unpaired) electrons. The van der Waals surface area contributed by atoms with Crippen LogP contribution in [0.2, 0.25) is 5.02 Å². The Morgan fingerprint density at radius 3 is 2.86 bits per heavy atom. The zero-order valence-electron chi connectivity index (χ0n) is 15.3. The molecular formula is C19H17ClN6OS2. The lowest BCUT2D eigenvalue weighted by Gasteiger charge is -2.09. The third kappa shape index (κ3) is 3.90. The van der Waals surface area contributed by atoms with Crippen LogP contribution in [0, 0.1) is 0 Å². The summed E-state index contributed by atoms with van der Waals surface area (Å²) in [5.41, 5.74) is 1.05. The molecule has 148 valence electrons. The molecule has 4 aromatic rings. The van der Waals surface area contributed by atoms with Gasteiger partial charge >= 0.3 is 5.69 Å². The molecule has 1 aromatic carbocycles. The zero-order valence-corrected chi connectivity index (χ0v) is 17.7. The minimum atomic E-state index is -0.314. The molecule has 0 amide bonds. The predicted octanol–water partition coefficient (Wildman–Crippen LogP) is 4.15. The fourth-order valence-electron chi connectivity index (χ4n) is 3.47. The molecule has 3 heterocycles. The summed E-state index contributed by atoms with van der Waals surface area (Å²) in [7, 11) is 0. The second-order valence-electron chi connectivity index (χ2n) is 6.75. The van der Waals surface area contributed by atoms with Crippen molar-refractivity contribution in [1.29, 1.82) is 0 Å². The molecule has 0 saturated carbocycles. The van der Waals surface area contributed by atoms with E-state index in [9.17, 15) is 4.79 Å². The maximum absolute atomic E-state index is 11.3.